The number of piperidine rings is 1. The van der Waals surface area contributed by atoms with Gasteiger partial charge in [0.25, 0.3) is 5.91 Å². The van der Waals surface area contributed by atoms with E-state index in [4.69, 9.17) is 4.74 Å². The fourth-order valence-electron chi connectivity index (χ4n) is 3.55. The molecule has 1 N–H and O–H groups in total. The molecule has 1 saturated heterocycles. The molecule has 0 saturated carbocycles. The number of likely N-dealkylation sites (tertiary alicyclic amines) is 1. The van der Waals surface area contributed by atoms with Crippen LogP contribution in [0.25, 0.3) is 0 Å². The van der Waals surface area contributed by atoms with Crippen molar-refractivity contribution in [3.8, 4) is 0 Å². The first kappa shape index (κ1) is 18.3. The van der Waals surface area contributed by atoms with E-state index in [0.717, 1.165) is 19.3 Å². The lowest BCUT2D eigenvalue weighted by Gasteiger charge is -2.39. The van der Waals surface area contributed by atoms with Crippen LogP contribution in [0, 0.1) is 5.92 Å². The van der Waals surface area contributed by atoms with E-state index < -0.39 is 11.5 Å². The first-order chi connectivity index (χ1) is 12.5. The third-order valence-corrected chi connectivity index (χ3v) is 5.15. The van der Waals surface area contributed by atoms with E-state index in [-0.39, 0.29) is 17.7 Å². The maximum Gasteiger partial charge on any atom is 0.255 e. The van der Waals surface area contributed by atoms with Gasteiger partial charge in [-0.2, -0.15) is 0 Å². The molecule has 1 aromatic rings. The van der Waals surface area contributed by atoms with E-state index in [1.165, 1.54) is 6.08 Å². The number of nitrogens with zero attached hydrogens (tertiary/aromatic N) is 2. The van der Waals surface area contributed by atoms with Crippen LogP contribution in [0.3, 0.4) is 0 Å². The molecule has 1 amide bonds. The Morgan fingerprint density at radius 2 is 2.35 bits per heavy atom. The Morgan fingerprint density at radius 1 is 1.50 bits per heavy atom. The van der Waals surface area contributed by atoms with Crippen LogP contribution in [-0.2, 0) is 9.53 Å². The van der Waals surface area contributed by atoms with Gasteiger partial charge in [0.2, 0.25) is 0 Å². The minimum atomic E-state index is -0.916. The number of aromatic nitrogens is 1. The fourth-order valence-corrected chi connectivity index (χ4v) is 3.55. The number of hydrogen-bond donors (Lipinski definition) is 1. The van der Waals surface area contributed by atoms with Crippen molar-refractivity contribution in [2.75, 3.05) is 13.2 Å². The molecule has 26 heavy (non-hydrogen) atoms. The summed E-state index contributed by atoms with van der Waals surface area (Å²) in [5, 5.41) is 9.96. The van der Waals surface area contributed by atoms with Crippen LogP contribution in [-0.4, -0.2) is 52.0 Å². The standard InChI is InChI=1S/C20H24N2O4/c1-20(9-4-8-18(24)17(20)13-23)26-14-16-7-2-3-11-22(16)19(25)15-6-5-10-21-12-15/h4-6,8-10,12-13,16-17,24H,2-3,7,11,14H2,1H3/t16-,17?,20?/m0/s1. The molecule has 2 aliphatic rings. The van der Waals surface area contributed by atoms with Gasteiger partial charge in [-0.15, -0.1) is 0 Å². The summed E-state index contributed by atoms with van der Waals surface area (Å²) in [6.07, 6.45) is 11.7. The van der Waals surface area contributed by atoms with E-state index >= 15 is 0 Å². The summed E-state index contributed by atoms with van der Waals surface area (Å²) >= 11 is 0. The minimum absolute atomic E-state index is 0.00284. The number of ether oxygens (including phenoxy) is 1. The summed E-state index contributed by atoms with van der Waals surface area (Å²) in [6, 6.07) is 3.44. The molecule has 0 aromatic carbocycles. The summed E-state index contributed by atoms with van der Waals surface area (Å²) in [5.74, 6) is -0.791. The summed E-state index contributed by atoms with van der Waals surface area (Å²) in [4.78, 5) is 30.1. The Hall–Kier alpha value is -2.47. The van der Waals surface area contributed by atoms with Gasteiger partial charge in [0.1, 0.15) is 23.6 Å². The molecule has 1 aliphatic carbocycles. The Balaban J connectivity index is 1.71. The van der Waals surface area contributed by atoms with Crippen molar-refractivity contribution < 1.29 is 19.4 Å². The lowest BCUT2D eigenvalue weighted by atomic mass is 9.84. The summed E-state index contributed by atoms with van der Waals surface area (Å²) < 4.78 is 6.07. The van der Waals surface area contributed by atoms with E-state index in [0.29, 0.717) is 25.0 Å². The molecular weight excluding hydrogens is 332 g/mol. The lowest BCUT2D eigenvalue weighted by Crippen LogP contribution is -2.49. The van der Waals surface area contributed by atoms with E-state index in [1.807, 2.05) is 4.90 Å². The second-order valence-corrected chi connectivity index (χ2v) is 6.95. The number of allylic oxidation sites excluding steroid dienone is 2. The van der Waals surface area contributed by atoms with Crippen LogP contribution in [0.5, 0.6) is 0 Å². The second kappa shape index (κ2) is 7.83. The van der Waals surface area contributed by atoms with Crippen LogP contribution in [0.15, 0.2) is 48.5 Å². The van der Waals surface area contributed by atoms with Crippen LogP contribution >= 0.6 is 0 Å². The molecule has 0 bridgehead atoms. The van der Waals surface area contributed by atoms with Crippen LogP contribution in [0.4, 0.5) is 0 Å². The molecule has 6 nitrogen and oxygen atoms in total. The highest BCUT2D eigenvalue weighted by Crippen LogP contribution is 2.32. The zero-order chi connectivity index (χ0) is 18.6. The Kier molecular flexibility index (Phi) is 5.52. The Labute approximate surface area is 153 Å². The molecule has 3 atom stereocenters. The fraction of sp³-hybridized carbons (Fsp3) is 0.450. The molecule has 6 heteroatoms. The molecule has 2 heterocycles. The van der Waals surface area contributed by atoms with Crippen molar-refractivity contribution in [3.05, 3.63) is 54.1 Å². The normalized spacial score (nSPS) is 28.5. The molecular formula is C20H24N2O4. The van der Waals surface area contributed by atoms with Crippen LogP contribution < -0.4 is 0 Å². The molecule has 3 rings (SSSR count). The largest absolute Gasteiger partial charge is 0.511 e. The summed E-state index contributed by atoms with van der Waals surface area (Å²) in [6.45, 7) is 2.77. The van der Waals surface area contributed by atoms with Crippen molar-refractivity contribution in [2.24, 2.45) is 5.92 Å². The maximum atomic E-state index is 12.8. The number of amides is 1. The molecule has 0 spiro atoms. The highest BCUT2D eigenvalue weighted by atomic mass is 16.5. The number of rotatable bonds is 5. The Morgan fingerprint density at radius 3 is 3.08 bits per heavy atom. The number of hydrogen-bond acceptors (Lipinski definition) is 5. The SMILES string of the molecule is CC1(OC[C@@H]2CCCCN2C(=O)c2cccnc2)C=CC=C(O)C1C=O. The van der Waals surface area contributed by atoms with Crippen molar-refractivity contribution in [1.29, 1.82) is 0 Å². The van der Waals surface area contributed by atoms with Gasteiger partial charge in [0, 0.05) is 18.9 Å². The van der Waals surface area contributed by atoms with Gasteiger partial charge in [-0.25, -0.2) is 0 Å². The van der Waals surface area contributed by atoms with Crippen molar-refractivity contribution in [3.63, 3.8) is 0 Å². The smallest absolute Gasteiger partial charge is 0.255 e. The van der Waals surface area contributed by atoms with Crippen molar-refractivity contribution >= 4 is 12.2 Å². The maximum absolute atomic E-state index is 12.8. The first-order valence-electron chi connectivity index (χ1n) is 8.94. The van der Waals surface area contributed by atoms with Gasteiger partial charge in [-0.3, -0.25) is 9.78 Å². The average molecular weight is 356 g/mol. The minimum Gasteiger partial charge on any atom is -0.511 e. The quantitative estimate of drug-likeness (QED) is 0.821. The second-order valence-electron chi connectivity index (χ2n) is 6.95. The van der Waals surface area contributed by atoms with E-state index in [1.54, 1.807) is 43.6 Å². The molecule has 2 unspecified atom stereocenters. The first-order valence-corrected chi connectivity index (χ1v) is 8.94. The molecule has 1 aromatic heterocycles. The van der Waals surface area contributed by atoms with Gasteiger partial charge in [0.15, 0.2) is 0 Å². The number of aliphatic hydroxyl groups is 1. The van der Waals surface area contributed by atoms with Crippen LogP contribution in [0.2, 0.25) is 0 Å². The zero-order valence-corrected chi connectivity index (χ0v) is 14.9. The van der Waals surface area contributed by atoms with Crippen LogP contribution in [0.1, 0.15) is 36.5 Å². The highest BCUT2D eigenvalue weighted by Gasteiger charge is 2.39. The predicted octanol–water partition coefficient (Wildman–Crippen LogP) is 2.68. The van der Waals surface area contributed by atoms with Gasteiger partial charge in [-0.1, -0.05) is 12.2 Å². The number of aldehydes is 1. The van der Waals surface area contributed by atoms with Crippen molar-refractivity contribution in [1.82, 2.24) is 9.88 Å². The van der Waals surface area contributed by atoms with E-state index in [9.17, 15) is 14.7 Å². The highest BCUT2D eigenvalue weighted by molar-refractivity contribution is 5.94. The van der Waals surface area contributed by atoms with Gasteiger partial charge < -0.3 is 19.5 Å². The predicted molar refractivity (Wildman–Crippen MR) is 96.7 cm³/mol. The van der Waals surface area contributed by atoms with Gasteiger partial charge in [0.05, 0.1) is 18.2 Å². The molecule has 1 fully saturated rings. The zero-order valence-electron chi connectivity index (χ0n) is 14.9. The van der Waals surface area contributed by atoms with E-state index in [2.05, 4.69) is 4.98 Å². The third-order valence-electron chi connectivity index (χ3n) is 5.15. The number of aliphatic hydroxyl groups excluding tert-OH is 1. The summed E-state index contributed by atoms with van der Waals surface area (Å²) in [5.41, 5.74) is -0.351. The molecule has 138 valence electrons. The lowest BCUT2D eigenvalue weighted by molar-refractivity contribution is -0.121. The topological polar surface area (TPSA) is 79.7 Å². The Bertz CT molecular complexity index is 716. The number of pyridine rings is 1. The third kappa shape index (κ3) is 3.70. The molecule has 1 aliphatic heterocycles. The van der Waals surface area contributed by atoms with Gasteiger partial charge in [-0.05, 0) is 44.4 Å². The van der Waals surface area contributed by atoms with Gasteiger partial charge >= 0.3 is 0 Å². The number of carbonyl (C=O) groups excluding carboxylic acids is 2. The monoisotopic (exact) mass is 356 g/mol. The summed E-state index contributed by atoms with van der Waals surface area (Å²) in [7, 11) is 0. The van der Waals surface area contributed by atoms with Crippen molar-refractivity contribution in [2.45, 2.75) is 37.8 Å². The number of carbonyl (C=O) groups is 2. The average Bonchev–Trinajstić information content (AvgIpc) is 2.67. The molecule has 0 radical (unpaired) electrons.